The summed E-state index contributed by atoms with van der Waals surface area (Å²) in [5.74, 6) is 1.59. The molecule has 1 aliphatic rings. The van der Waals surface area contributed by atoms with Crippen molar-refractivity contribution in [1.82, 2.24) is 5.32 Å². The summed E-state index contributed by atoms with van der Waals surface area (Å²) < 4.78 is 5.23. The maximum absolute atomic E-state index is 6.25. The molecule has 1 aromatic carbocycles. The highest BCUT2D eigenvalue weighted by atomic mass is 35.5. The molecule has 0 aliphatic heterocycles. The lowest BCUT2D eigenvalue weighted by molar-refractivity contribution is 0.367. The van der Waals surface area contributed by atoms with Crippen molar-refractivity contribution in [2.45, 2.75) is 51.0 Å². The normalized spacial score (nSPS) is 18.6. The number of methoxy groups -OCH3 is 1. The smallest absolute Gasteiger partial charge is 0.137 e. The molecule has 3 heteroatoms. The van der Waals surface area contributed by atoms with E-state index in [4.69, 9.17) is 16.3 Å². The molecule has 1 fully saturated rings. The molecule has 0 amide bonds. The van der Waals surface area contributed by atoms with E-state index in [0.29, 0.717) is 11.1 Å². The van der Waals surface area contributed by atoms with Crippen LogP contribution in [0.25, 0.3) is 0 Å². The molecular weight excluding hydrogens is 270 g/mol. The molecular formula is C17H26ClNO. The number of benzene rings is 1. The lowest BCUT2D eigenvalue weighted by atomic mass is 9.89. The molecule has 1 saturated carbocycles. The van der Waals surface area contributed by atoms with E-state index >= 15 is 0 Å². The summed E-state index contributed by atoms with van der Waals surface area (Å²) >= 11 is 6.25. The maximum atomic E-state index is 6.25. The maximum Gasteiger partial charge on any atom is 0.137 e. The summed E-state index contributed by atoms with van der Waals surface area (Å²) in [4.78, 5) is 0. The number of hydrogen-bond acceptors (Lipinski definition) is 2. The third kappa shape index (κ3) is 4.13. The topological polar surface area (TPSA) is 21.3 Å². The molecule has 1 aliphatic carbocycles. The molecule has 20 heavy (non-hydrogen) atoms. The van der Waals surface area contributed by atoms with Gasteiger partial charge in [0.1, 0.15) is 5.75 Å². The zero-order valence-corrected chi connectivity index (χ0v) is 13.4. The molecule has 0 aromatic heterocycles. The van der Waals surface area contributed by atoms with Crippen molar-refractivity contribution in [1.29, 1.82) is 0 Å². The molecule has 2 nitrogen and oxygen atoms in total. The highest BCUT2D eigenvalue weighted by Gasteiger charge is 2.19. The van der Waals surface area contributed by atoms with Crippen LogP contribution in [0.5, 0.6) is 5.75 Å². The molecule has 2 rings (SSSR count). The van der Waals surface area contributed by atoms with Crippen LogP contribution in [0.15, 0.2) is 18.2 Å². The van der Waals surface area contributed by atoms with Gasteiger partial charge in [-0.3, -0.25) is 0 Å². The summed E-state index contributed by atoms with van der Waals surface area (Å²) in [5.41, 5.74) is 1.27. The molecule has 0 bridgehead atoms. The van der Waals surface area contributed by atoms with E-state index < -0.39 is 0 Å². The molecule has 1 aromatic rings. The van der Waals surface area contributed by atoms with Crippen molar-refractivity contribution in [3.8, 4) is 5.75 Å². The first-order chi connectivity index (χ1) is 9.74. The first kappa shape index (κ1) is 15.7. The second-order valence-corrected chi connectivity index (χ2v) is 6.24. The van der Waals surface area contributed by atoms with Gasteiger partial charge in [-0.1, -0.05) is 56.2 Å². The standard InChI is InChI=1S/C17H26ClNO/c1-19-16(11-13-7-5-3-4-6-8-13)14-9-10-17(20-2)15(18)12-14/h9-10,12-13,16,19H,3-8,11H2,1-2H3. The predicted molar refractivity (Wildman–Crippen MR) is 85.6 cm³/mol. The van der Waals surface area contributed by atoms with Crippen LogP contribution in [0.1, 0.15) is 56.6 Å². The first-order valence-electron chi connectivity index (χ1n) is 7.75. The number of rotatable bonds is 5. The van der Waals surface area contributed by atoms with Crippen molar-refractivity contribution in [2.24, 2.45) is 5.92 Å². The fourth-order valence-corrected chi connectivity index (χ4v) is 3.52. The Labute approximate surface area is 127 Å². The highest BCUT2D eigenvalue weighted by Crippen LogP contribution is 2.33. The van der Waals surface area contributed by atoms with Crippen LogP contribution in [0.4, 0.5) is 0 Å². The van der Waals surface area contributed by atoms with Crippen LogP contribution in [0.3, 0.4) is 0 Å². The largest absolute Gasteiger partial charge is 0.495 e. The minimum Gasteiger partial charge on any atom is -0.495 e. The van der Waals surface area contributed by atoms with Crippen LogP contribution in [-0.2, 0) is 0 Å². The highest BCUT2D eigenvalue weighted by molar-refractivity contribution is 6.32. The number of halogens is 1. The summed E-state index contributed by atoms with van der Waals surface area (Å²) in [5, 5.41) is 4.15. The average Bonchev–Trinajstić information content (AvgIpc) is 2.73. The van der Waals surface area contributed by atoms with Crippen LogP contribution >= 0.6 is 11.6 Å². The van der Waals surface area contributed by atoms with Crippen molar-refractivity contribution in [3.05, 3.63) is 28.8 Å². The van der Waals surface area contributed by atoms with Gasteiger partial charge in [-0.05, 0) is 37.1 Å². The van der Waals surface area contributed by atoms with Gasteiger partial charge in [-0.2, -0.15) is 0 Å². The summed E-state index contributed by atoms with van der Waals surface area (Å²) in [6.45, 7) is 0. The SMILES string of the molecule is CNC(CC1CCCCCC1)c1ccc(OC)c(Cl)c1. The van der Waals surface area contributed by atoms with Crippen LogP contribution in [0, 0.1) is 5.92 Å². The second-order valence-electron chi connectivity index (χ2n) is 5.83. The van der Waals surface area contributed by atoms with Gasteiger partial charge in [0.25, 0.3) is 0 Å². The van der Waals surface area contributed by atoms with Gasteiger partial charge in [0.15, 0.2) is 0 Å². The third-order valence-electron chi connectivity index (χ3n) is 4.47. The Morgan fingerprint density at radius 2 is 1.95 bits per heavy atom. The first-order valence-corrected chi connectivity index (χ1v) is 8.13. The Hall–Kier alpha value is -0.730. The Morgan fingerprint density at radius 3 is 2.50 bits per heavy atom. The second kappa shape index (κ2) is 7.90. The predicted octanol–water partition coefficient (Wildman–Crippen LogP) is 4.97. The molecule has 0 saturated heterocycles. The van der Waals surface area contributed by atoms with Crippen LogP contribution < -0.4 is 10.1 Å². The Balaban J connectivity index is 2.05. The number of nitrogens with one attached hydrogen (secondary N) is 1. The zero-order valence-electron chi connectivity index (χ0n) is 12.6. The van der Waals surface area contributed by atoms with E-state index in [1.54, 1.807) is 7.11 Å². The summed E-state index contributed by atoms with van der Waals surface area (Å²) in [6.07, 6.45) is 9.57. The van der Waals surface area contributed by atoms with E-state index in [9.17, 15) is 0 Å². The van der Waals surface area contributed by atoms with Gasteiger partial charge in [-0.15, -0.1) is 0 Å². The Kier molecular flexibility index (Phi) is 6.18. The van der Waals surface area contributed by atoms with Crippen molar-refractivity contribution in [3.63, 3.8) is 0 Å². The van der Waals surface area contributed by atoms with Crippen molar-refractivity contribution < 1.29 is 4.74 Å². The van der Waals surface area contributed by atoms with E-state index in [1.807, 2.05) is 19.2 Å². The van der Waals surface area contributed by atoms with E-state index in [1.165, 1.54) is 50.5 Å². The minimum absolute atomic E-state index is 0.390. The van der Waals surface area contributed by atoms with E-state index in [0.717, 1.165) is 11.7 Å². The molecule has 0 radical (unpaired) electrons. The van der Waals surface area contributed by atoms with Gasteiger partial charge < -0.3 is 10.1 Å². The molecule has 1 atom stereocenters. The Bertz CT molecular complexity index is 413. The fraction of sp³-hybridized carbons (Fsp3) is 0.647. The lowest BCUT2D eigenvalue weighted by Crippen LogP contribution is -2.20. The fourth-order valence-electron chi connectivity index (χ4n) is 3.25. The quantitative estimate of drug-likeness (QED) is 0.774. The minimum atomic E-state index is 0.390. The van der Waals surface area contributed by atoms with Gasteiger partial charge in [0.2, 0.25) is 0 Å². The summed E-state index contributed by atoms with van der Waals surface area (Å²) in [6, 6.07) is 6.53. The van der Waals surface area contributed by atoms with Crippen molar-refractivity contribution >= 4 is 11.6 Å². The number of ether oxygens (including phenoxy) is 1. The molecule has 0 heterocycles. The van der Waals surface area contributed by atoms with E-state index in [2.05, 4.69) is 11.4 Å². The van der Waals surface area contributed by atoms with E-state index in [-0.39, 0.29) is 0 Å². The Morgan fingerprint density at radius 1 is 1.25 bits per heavy atom. The molecule has 1 N–H and O–H groups in total. The van der Waals surface area contributed by atoms with Crippen LogP contribution in [0.2, 0.25) is 5.02 Å². The van der Waals surface area contributed by atoms with Gasteiger partial charge >= 0.3 is 0 Å². The monoisotopic (exact) mass is 295 g/mol. The molecule has 0 spiro atoms. The molecule has 112 valence electrons. The van der Waals surface area contributed by atoms with Gasteiger partial charge in [0, 0.05) is 6.04 Å². The van der Waals surface area contributed by atoms with Crippen molar-refractivity contribution in [2.75, 3.05) is 14.2 Å². The number of hydrogen-bond donors (Lipinski definition) is 1. The molecule has 1 unspecified atom stereocenters. The lowest BCUT2D eigenvalue weighted by Gasteiger charge is -2.23. The zero-order chi connectivity index (χ0) is 14.4. The van der Waals surface area contributed by atoms with Gasteiger partial charge in [0.05, 0.1) is 12.1 Å². The third-order valence-corrected chi connectivity index (χ3v) is 4.77. The van der Waals surface area contributed by atoms with Gasteiger partial charge in [-0.25, -0.2) is 0 Å². The van der Waals surface area contributed by atoms with Crippen LogP contribution in [-0.4, -0.2) is 14.2 Å². The summed E-state index contributed by atoms with van der Waals surface area (Å²) in [7, 11) is 3.70. The average molecular weight is 296 g/mol.